The van der Waals surface area contributed by atoms with Crippen LogP contribution >= 0.6 is 0 Å². The van der Waals surface area contributed by atoms with E-state index < -0.39 is 0 Å². The second-order valence-corrected chi connectivity index (χ2v) is 6.34. The van der Waals surface area contributed by atoms with Crippen molar-refractivity contribution in [3.05, 3.63) is 0 Å². The number of hydrogen-bond donors (Lipinski definition) is 0. The maximum absolute atomic E-state index is 11.1. The quantitative estimate of drug-likeness (QED) is 0.618. The monoisotopic (exact) mass is 270 g/mol. The minimum absolute atomic E-state index is 0.393. The second kappa shape index (κ2) is 12.4. The van der Waals surface area contributed by atoms with Crippen molar-refractivity contribution in [2.24, 2.45) is 17.8 Å². The Balaban J connectivity index is 0. The zero-order chi connectivity index (χ0) is 15.4. The normalized spacial score (nSPS) is 12.1. The van der Waals surface area contributed by atoms with Gasteiger partial charge in [-0.1, -0.05) is 54.9 Å². The molecule has 0 aliphatic heterocycles. The summed E-state index contributed by atoms with van der Waals surface area (Å²) >= 11 is 0. The van der Waals surface area contributed by atoms with Crippen LogP contribution in [0.1, 0.15) is 80.6 Å². The molecule has 0 amide bonds. The first kappa shape index (κ1) is 20.7. The van der Waals surface area contributed by atoms with E-state index in [1.807, 2.05) is 6.92 Å². The molecule has 19 heavy (non-hydrogen) atoms. The summed E-state index contributed by atoms with van der Waals surface area (Å²) in [5.41, 5.74) is 0. The van der Waals surface area contributed by atoms with Crippen LogP contribution in [0.5, 0.6) is 0 Å². The molecular formula is C17H34O2. The Hall–Kier alpha value is -0.660. The van der Waals surface area contributed by atoms with E-state index in [-0.39, 0.29) is 0 Å². The van der Waals surface area contributed by atoms with Gasteiger partial charge in [-0.25, -0.2) is 0 Å². The van der Waals surface area contributed by atoms with Crippen molar-refractivity contribution in [1.29, 1.82) is 0 Å². The van der Waals surface area contributed by atoms with Crippen molar-refractivity contribution in [3.8, 4) is 0 Å². The first-order valence-electron chi connectivity index (χ1n) is 7.76. The highest BCUT2D eigenvalue weighted by molar-refractivity contribution is 5.78. The van der Waals surface area contributed by atoms with Gasteiger partial charge >= 0.3 is 0 Å². The topological polar surface area (TPSA) is 34.1 Å². The van der Waals surface area contributed by atoms with Crippen LogP contribution in [0.15, 0.2) is 0 Å². The third kappa shape index (κ3) is 17.3. The fourth-order valence-electron chi connectivity index (χ4n) is 1.67. The van der Waals surface area contributed by atoms with Crippen molar-refractivity contribution in [2.75, 3.05) is 0 Å². The molecule has 0 N–H and O–H groups in total. The van der Waals surface area contributed by atoms with Gasteiger partial charge in [-0.3, -0.25) is 9.59 Å². The molecule has 0 saturated heterocycles. The lowest BCUT2D eigenvalue weighted by atomic mass is 10.00. The molecule has 0 aliphatic carbocycles. The van der Waals surface area contributed by atoms with Crippen LogP contribution in [0.3, 0.4) is 0 Å². The molecule has 0 aromatic rings. The van der Waals surface area contributed by atoms with Gasteiger partial charge in [-0.2, -0.15) is 0 Å². The van der Waals surface area contributed by atoms with Crippen molar-refractivity contribution in [2.45, 2.75) is 80.6 Å². The number of ketones is 2. The standard InChI is InChI=1S/C9H18O.C8H16O/c1-7(2)5-9(10)6-8(3)4;1-4-7(3)6-8(9)5-2/h7-8H,5-6H2,1-4H3;7H,4-6H2,1-3H3. The largest absolute Gasteiger partial charge is 0.300 e. The molecule has 114 valence electrons. The van der Waals surface area contributed by atoms with Crippen molar-refractivity contribution in [3.63, 3.8) is 0 Å². The van der Waals surface area contributed by atoms with E-state index in [4.69, 9.17) is 0 Å². The Morgan fingerprint density at radius 2 is 1.16 bits per heavy atom. The third-order valence-electron chi connectivity index (χ3n) is 2.94. The SMILES string of the molecule is CC(C)CC(=O)CC(C)C.CCC(=O)CC(C)CC. The first-order chi connectivity index (χ1) is 8.72. The fraction of sp³-hybridized carbons (Fsp3) is 0.882. The Kier molecular flexibility index (Phi) is 13.5. The predicted molar refractivity (Wildman–Crippen MR) is 83.3 cm³/mol. The van der Waals surface area contributed by atoms with Crippen molar-refractivity contribution >= 4 is 11.6 Å². The van der Waals surface area contributed by atoms with Gasteiger partial charge in [0.25, 0.3) is 0 Å². The van der Waals surface area contributed by atoms with Crippen LogP contribution < -0.4 is 0 Å². The summed E-state index contributed by atoms with van der Waals surface area (Å²) < 4.78 is 0. The van der Waals surface area contributed by atoms with E-state index in [0.717, 1.165) is 25.7 Å². The van der Waals surface area contributed by atoms with Gasteiger partial charge in [0.2, 0.25) is 0 Å². The van der Waals surface area contributed by atoms with E-state index in [9.17, 15) is 9.59 Å². The van der Waals surface area contributed by atoms with Gasteiger partial charge in [0, 0.05) is 25.7 Å². The lowest BCUT2D eigenvalue weighted by molar-refractivity contribution is -0.120. The molecule has 0 saturated carbocycles. The Labute approximate surface area is 120 Å². The Bertz CT molecular complexity index is 230. The average Bonchev–Trinajstić information content (AvgIpc) is 2.27. The molecule has 1 unspecified atom stereocenters. The molecule has 0 aromatic carbocycles. The van der Waals surface area contributed by atoms with E-state index in [1.165, 1.54) is 0 Å². The van der Waals surface area contributed by atoms with Gasteiger partial charge in [-0.15, -0.1) is 0 Å². The summed E-state index contributed by atoms with van der Waals surface area (Å²) in [6, 6.07) is 0. The molecule has 0 heterocycles. The molecule has 0 radical (unpaired) electrons. The van der Waals surface area contributed by atoms with Gasteiger partial charge in [0.1, 0.15) is 11.6 Å². The molecule has 2 nitrogen and oxygen atoms in total. The lowest BCUT2D eigenvalue weighted by Crippen LogP contribution is -2.05. The highest BCUT2D eigenvalue weighted by Crippen LogP contribution is 2.08. The van der Waals surface area contributed by atoms with Crippen LogP contribution in [0, 0.1) is 17.8 Å². The van der Waals surface area contributed by atoms with Gasteiger partial charge in [0.05, 0.1) is 0 Å². The average molecular weight is 270 g/mol. The van der Waals surface area contributed by atoms with Gasteiger partial charge in [-0.05, 0) is 17.8 Å². The summed E-state index contributed by atoms with van der Waals surface area (Å²) in [5, 5.41) is 0. The molecule has 0 bridgehead atoms. The van der Waals surface area contributed by atoms with E-state index in [1.54, 1.807) is 0 Å². The fourth-order valence-corrected chi connectivity index (χ4v) is 1.67. The van der Waals surface area contributed by atoms with Crippen LogP contribution in [-0.2, 0) is 9.59 Å². The zero-order valence-electron chi connectivity index (χ0n) is 14.1. The van der Waals surface area contributed by atoms with Gasteiger partial charge < -0.3 is 0 Å². The van der Waals surface area contributed by atoms with E-state index in [2.05, 4.69) is 41.5 Å². The minimum Gasteiger partial charge on any atom is -0.300 e. The molecule has 0 rings (SSSR count). The first-order valence-corrected chi connectivity index (χ1v) is 7.76. The molecule has 0 spiro atoms. The number of rotatable bonds is 8. The summed E-state index contributed by atoms with van der Waals surface area (Å²) in [5.74, 6) is 2.42. The minimum atomic E-state index is 0.393. The molecule has 0 aliphatic rings. The Morgan fingerprint density at radius 3 is 1.42 bits per heavy atom. The van der Waals surface area contributed by atoms with Crippen LogP contribution in [0.2, 0.25) is 0 Å². The molecular weight excluding hydrogens is 236 g/mol. The number of hydrogen-bond acceptors (Lipinski definition) is 2. The summed E-state index contributed by atoms with van der Waals surface area (Å²) in [7, 11) is 0. The highest BCUT2D eigenvalue weighted by atomic mass is 16.1. The van der Waals surface area contributed by atoms with E-state index in [0.29, 0.717) is 35.7 Å². The lowest BCUT2D eigenvalue weighted by Gasteiger charge is -2.05. The third-order valence-corrected chi connectivity index (χ3v) is 2.94. The summed E-state index contributed by atoms with van der Waals surface area (Å²) in [6.45, 7) is 14.5. The number of carbonyl (C=O) groups is 2. The van der Waals surface area contributed by atoms with Crippen LogP contribution in [-0.4, -0.2) is 11.6 Å². The number of carbonyl (C=O) groups excluding carboxylic acids is 2. The van der Waals surface area contributed by atoms with Crippen molar-refractivity contribution < 1.29 is 9.59 Å². The van der Waals surface area contributed by atoms with Crippen LogP contribution in [0.25, 0.3) is 0 Å². The maximum atomic E-state index is 11.1. The summed E-state index contributed by atoms with van der Waals surface area (Å²) in [4.78, 5) is 21.8. The maximum Gasteiger partial charge on any atom is 0.133 e. The van der Waals surface area contributed by atoms with Crippen LogP contribution in [0.4, 0.5) is 0 Å². The predicted octanol–water partition coefficient (Wildman–Crippen LogP) is 5.05. The smallest absolute Gasteiger partial charge is 0.133 e. The second-order valence-electron chi connectivity index (χ2n) is 6.34. The molecule has 2 heteroatoms. The number of Topliss-reactive ketones (excluding diaryl/α,β-unsaturated/α-hetero) is 2. The highest BCUT2D eigenvalue weighted by Gasteiger charge is 2.06. The summed E-state index contributed by atoms with van der Waals surface area (Å²) in [6.07, 6.45) is 4.08. The molecule has 1 atom stereocenters. The zero-order valence-corrected chi connectivity index (χ0v) is 14.1. The molecule has 0 aromatic heterocycles. The van der Waals surface area contributed by atoms with Crippen molar-refractivity contribution in [1.82, 2.24) is 0 Å². The van der Waals surface area contributed by atoms with E-state index >= 15 is 0 Å². The Morgan fingerprint density at radius 1 is 0.737 bits per heavy atom. The molecule has 0 fully saturated rings. The van der Waals surface area contributed by atoms with Gasteiger partial charge in [0.15, 0.2) is 0 Å².